The molecule has 0 saturated carbocycles. The molecule has 0 saturated heterocycles. The first-order valence-electron chi connectivity index (χ1n) is 6.90. The lowest BCUT2D eigenvalue weighted by atomic mass is 10.1. The average molecular weight is 281 g/mol. The first-order valence-corrected chi connectivity index (χ1v) is 6.90. The predicted molar refractivity (Wildman–Crippen MR) is 77.3 cm³/mol. The van der Waals surface area contributed by atoms with Crippen LogP contribution in [0.4, 0.5) is 0 Å². The number of carboxylic acids is 1. The topological polar surface area (TPSA) is 67.8 Å². The normalized spacial score (nSPS) is 11.9. The first kappa shape index (κ1) is 16.3. The third-order valence-corrected chi connectivity index (χ3v) is 2.93. The number of aliphatic carboxylic acids is 1. The molecule has 20 heavy (non-hydrogen) atoms. The molecule has 1 aromatic rings. The zero-order valence-electron chi connectivity index (χ0n) is 12.3. The summed E-state index contributed by atoms with van der Waals surface area (Å²) in [4.78, 5) is 11.2. The fourth-order valence-corrected chi connectivity index (χ4v) is 1.89. The van der Waals surface area contributed by atoms with Crippen molar-refractivity contribution in [1.29, 1.82) is 0 Å². The summed E-state index contributed by atoms with van der Waals surface area (Å²) in [6.45, 7) is 5.38. The number of carbonyl (C=O) groups is 1. The van der Waals surface area contributed by atoms with Crippen molar-refractivity contribution in [2.24, 2.45) is 0 Å². The van der Waals surface area contributed by atoms with Gasteiger partial charge >= 0.3 is 5.97 Å². The van der Waals surface area contributed by atoms with E-state index < -0.39 is 12.1 Å². The summed E-state index contributed by atoms with van der Waals surface area (Å²) in [7, 11) is 1.55. The molecule has 0 amide bonds. The highest BCUT2D eigenvalue weighted by atomic mass is 16.5. The number of hydrogen-bond donors (Lipinski definition) is 2. The second-order valence-electron chi connectivity index (χ2n) is 4.46. The van der Waals surface area contributed by atoms with Crippen LogP contribution in [0.2, 0.25) is 0 Å². The SMILES string of the molecule is CCCC(Oc1c(CNCC)cccc1OC)C(=O)O. The van der Waals surface area contributed by atoms with Gasteiger partial charge in [-0.15, -0.1) is 0 Å². The van der Waals surface area contributed by atoms with E-state index in [-0.39, 0.29) is 0 Å². The molecule has 1 unspecified atom stereocenters. The minimum atomic E-state index is -0.952. The molecular formula is C15H23NO4. The highest BCUT2D eigenvalue weighted by molar-refractivity contribution is 5.73. The molecule has 1 rings (SSSR count). The van der Waals surface area contributed by atoms with E-state index in [2.05, 4.69) is 5.32 Å². The van der Waals surface area contributed by atoms with Crippen LogP contribution in [0.25, 0.3) is 0 Å². The van der Waals surface area contributed by atoms with Gasteiger partial charge < -0.3 is 19.9 Å². The second kappa shape index (κ2) is 8.43. The minimum absolute atomic E-state index is 0.466. The average Bonchev–Trinajstić information content (AvgIpc) is 2.45. The van der Waals surface area contributed by atoms with Crippen LogP contribution in [0.15, 0.2) is 18.2 Å². The zero-order chi connectivity index (χ0) is 15.0. The number of carboxylic acid groups (broad SMARTS) is 1. The summed E-state index contributed by atoms with van der Waals surface area (Å²) in [5.41, 5.74) is 0.897. The Hall–Kier alpha value is -1.75. The molecule has 5 nitrogen and oxygen atoms in total. The van der Waals surface area contributed by atoms with Gasteiger partial charge in [0.25, 0.3) is 0 Å². The van der Waals surface area contributed by atoms with Gasteiger partial charge in [0.05, 0.1) is 7.11 Å². The Morgan fingerprint density at radius 3 is 2.70 bits per heavy atom. The van der Waals surface area contributed by atoms with Gasteiger partial charge in [-0.25, -0.2) is 4.79 Å². The third kappa shape index (κ3) is 4.42. The molecule has 0 bridgehead atoms. The van der Waals surface area contributed by atoms with E-state index in [0.29, 0.717) is 24.5 Å². The summed E-state index contributed by atoms with van der Waals surface area (Å²) in [6, 6.07) is 5.55. The lowest BCUT2D eigenvalue weighted by Gasteiger charge is -2.19. The highest BCUT2D eigenvalue weighted by Crippen LogP contribution is 2.32. The van der Waals surface area contributed by atoms with Crippen LogP contribution >= 0.6 is 0 Å². The summed E-state index contributed by atoms with van der Waals surface area (Å²) in [5.74, 6) is 0.117. The van der Waals surface area contributed by atoms with Crippen LogP contribution in [0, 0.1) is 0 Å². The van der Waals surface area contributed by atoms with Gasteiger partial charge in [-0.1, -0.05) is 32.4 Å². The van der Waals surface area contributed by atoms with Gasteiger partial charge in [-0.3, -0.25) is 0 Å². The van der Waals surface area contributed by atoms with Gasteiger partial charge in [0.2, 0.25) is 0 Å². The van der Waals surface area contributed by atoms with Crippen LogP contribution in [-0.4, -0.2) is 30.8 Å². The van der Waals surface area contributed by atoms with E-state index in [4.69, 9.17) is 9.47 Å². The lowest BCUT2D eigenvalue weighted by Crippen LogP contribution is -2.27. The van der Waals surface area contributed by atoms with Crippen molar-refractivity contribution in [2.75, 3.05) is 13.7 Å². The molecule has 5 heteroatoms. The number of ether oxygens (including phenoxy) is 2. The molecule has 0 fully saturated rings. The largest absolute Gasteiger partial charge is 0.493 e. The predicted octanol–water partition coefficient (Wildman–Crippen LogP) is 2.44. The molecule has 2 N–H and O–H groups in total. The van der Waals surface area contributed by atoms with E-state index in [1.54, 1.807) is 13.2 Å². The minimum Gasteiger partial charge on any atom is -0.493 e. The Kier molecular flexibility index (Phi) is 6.87. The van der Waals surface area contributed by atoms with Gasteiger partial charge in [0, 0.05) is 12.1 Å². The standard InChI is InChI=1S/C15H23NO4/c1-4-7-13(15(17)18)20-14-11(10-16-5-2)8-6-9-12(14)19-3/h6,8-9,13,16H,4-5,7,10H2,1-3H3,(H,17,18). The fraction of sp³-hybridized carbons (Fsp3) is 0.533. The van der Waals surface area contributed by atoms with E-state index >= 15 is 0 Å². The maximum absolute atomic E-state index is 11.2. The number of benzene rings is 1. The molecule has 0 aliphatic heterocycles. The Balaban J connectivity index is 3.02. The Bertz CT molecular complexity index is 434. The molecular weight excluding hydrogens is 258 g/mol. The van der Waals surface area contributed by atoms with Crippen molar-refractivity contribution < 1.29 is 19.4 Å². The van der Waals surface area contributed by atoms with Crippen molar-refractivity contribution >= 4 is 5.97 Å². The maximum Gasteiger partial charge on any atom is 0.344 e. The number of para-hydroxylation sites is 1. The van der Waals surface area contributed by atoms with Crippen molar-refractivity contribution in [3.8, 4) is 11.5 Å². The zero-order valence-corrected chi connectivity index (χ0v) is 12.3. The molecule has 0 aromatic heterocycles. The summed E-state index contributed by atoms with van der Waals surface area (Å²) < 4.78 is 11.0. The number of hydrogen-bond acceptors (Lipinski definition) is 4. The van der Waals surface area contributed by atoms with Crippen LogP contribution in [-0.2, 0) is 11.3 Å². The van der Waals surface area contributed by atoms with Gasteiger partial charge in [-0.05, 0) is 19.0 Å². The summed E-state index contributed by atoms with van der Waals surface area (Å²) >= 11 is 0. The van der Waals surface area contributed by atoms with Gasteiger partial charge in [0.1, 0.15) is 0 Å². The van der Waals surface area contributed by atoms with E-state index in [0.717, 1.165) is 18.5 Å². The Morgan fingerprint density at radius 2 is 2.15 bits per heavy atom. The van der Waals surface area contributed by atoms with Crippen molar-refractivity contribution in [3.63, 3.8) is 0 Å². The lowest BCUT2D eigenvalue weighted by molar-refractivity contribution is -0.145. The molecule has 0 radical (unpaired) electrons. The Morgan fingerprint density at radius 1 is 1.40 bits per heavy atom. The van der Waals surface area contributed by atoms with Crippen LogP contribution in [0.1, 0.15) is 32.3 Å². The van der Waals surface area contributed by atoms with Crippen molar-refractivity contribution in [1.82, 2.24) is 5.32 Å². The Labute approximate surface area is 119 Å². The van der Waals surface area contributed by atoms with Crippen molar-refractivity contribution in [2.45, 2.75) is 39.3 Å². The van der Waals surface area contributed by atoms with Gasteiger partial charge in [-0.2, -0.15) is 0 Å². The molecule has 0 heterocycles. The molecule has 1 atom stereocenters. The molecule has 0 spiro atoms. The maximum atomic E-state index is 11.2. The molecule has 112 valence electrons. The van der Waals surface area contributed by atoms with Crippen LogP contribution in [0.3, 0.4) is 0 Å². The highest BCUT2D eigenvalue weighted by Gasteiger charge is 2.22. The van der Waals surface area contributed by atoms with Crippen molar-refractivity contribution in [3.05, 3.63) is 23.8 Å². The summed E-state index contributed by atoms with van der Waals surface area (Å²) in [5, 5.41) is 12.4. The second-order valence-corrected chi connectivity index (χ2v) is 4.46. The molecule has 0 aliphatic carbocycles. The first-order chi connectivity index (χ1) is 9.63. The molecule has 0 aliphatic rings. The van der Waals surface area contributed by atoms with Crippen LogP contribution < -0.4 is 14.8 Å². The number of methoxy groups -OCH3 is 1. The summed E-state index contributed by atoms with van der Waals surface area (Å²) in [6.07, 6.45) is 0.361. The van der Waals surface area contributed by atoms with Gasteiger partial charge in [0.15, 0.2) is 17.6 Å². The third-order valence-electron chi connectivity index (χ3n) is 2.93. The number of nitrogens with one attached hydrogen (secondary N) is 1. The number of rotatable bonds is 9. The molecule has 1 aromatic carbocycles. The fourth-order valence-electron chi connectivity index (χ4n) is 1.89. The van der Waals surface area contributed by atoms with E-state index in [1.807, 2.05) is 26.0 Å². The monoisotopic (exact) mass is 281 g/mol. The quantitative estimate of drug-likeness (QED) is 0.727. The van der Waals surface area contributed by atoms with E-state index in [1.165, 1.54) is 0 Å². The van der Waals surface area contributed by atoms with E-state index in [9.17, 15) is 9.90 Å². The smallest absolute Gasteiger partial charge is 0.344 e. The van der Waals surface area contributed by atoms with Crippen LogP contribution in [0.5, 0.6) is 11.5 Å².